The number of benzene rings is 1. The van der Waals surface area contributed by atoms with E-state index < -0.39 is 0 Å². The van der Waals surface area contributed by atoms with Crippen LogP contribution in [0.3, 0.4) is 0 Å². The number of Topliss-reactive ketones (excluding diaryl/α,β-unsaturated/α-hetero) is 1. The van der Waals surface area contributed by atoms with Crippen molar-refractivity contribution < 1.29 is 14.3 Å². The van der Waals surface area contributed by atoms with Gasteiger partial charge in [-0.15, -0.1) is 0 Å². The zero-order valence-electron chi connectivity index (χ0n) is 15.8. The van der Waals surface area contributed by atoms with E-state index in [9.17, 15) is 9.59 Å². The predicted molar refractivity (Wildman–Crippen MR) is 104 cm³/mol. The molecule has 5 rings (SSSR count). The van der Waals surface area contributed by atoms with Crippen molar-refractivity contribution >= 4 is 5.78 Å². The number of carbonyl (C=O) groups is 1. The van der Waals surface area contributed by atoms with Crippen molar-refractivity contribution in [1.29, 1.82) is 0 Å². The van der Waals surface area contributed by atoms with Gasteiger partial charge in [0.1, 0.15) is 0 Å². The van der Waals surface area contributed by atoms with E-state index in [-0.39, 0.29) is 11.3 Å². The molecule has 146 valence electrons. The highest BCUT2D eigenvalue weighted by Gasteiger charge is 2.35. The minimum absolute atomic E-state index is 0.0870. The van der Waals surface area contributed by atoms with E-state index in [4.69, 9.17) is 9.47 Å². The molecule has 0 saturated carbocycles. The monoisotopic (exact) mass is 380 g/mol. The summed E-state index contributed by atoms with van der Waals surface area (Å²) in [6.07, 6.45) is 1.94. The van der Waals surface area contributed by atoms with E-state index in [1.807, 2.05) is 28.8 Å². The summed E-state index contributed by atoms with van der Waals surface area (Å²) < 4.78 is 13.3. The molecule has 2 bridgehead atoms. The molecule has 0 amide bonds. The van der Waals surface area contributed by atoms with Gasteiger partial charge in [0.25, 0.3) is 5.56 Å². The normalized spacial score (nSPS) is 23.6. The maximum atomic E-state index is 12.9. The number of hydrogen-bond donors (Lipinski definition) is 0. The quantitative estimate of drug-likeness (QED) is 0.765. The first-order valence-electron chi connectivity index (χ1n) is 10.0. The Labute approximate surface area is 163 Å². The van der Waals surface area contributed by atoms with Gasteiger partial charge in [0.15, 0.2) is 17.3 Å². The van der Waals surface area contributed by atoms with Crippen LogP contribution in [0.2, 0.25) is 0 Å². The second kappa shape index (κ2) is 7.09. The minimum Gasteiger partial charge on any atom is -0.490 e. The van der Waals surface area contributed by atoms with Gasteiger partial charge in [-0.2, -0.15) is 0 Å². The molecule has 3 aliphatic rings. The Morgan fingerprint density at radius 1 is 1.04 bits per heavy atom. The third-order valence-electron chi connectivity index (χ3n) is 5.99. The lowest BCUT2D eigenvalue weighted by Gasteiger charge is -2.42. The summed E-state index contributed by atoms with van der Waals surface area (Å²) in [6, 6.07) is 11.0. The van der Waals surface area contributed by atoms with Gasteiger partial charge >= 0.3 is 0 Å². The van der Waals surface area contributed by atoms with Crippen molar-refractivity contribution in [3.8, 4) is 11.5 Å². The van der Waals surface area contributed by atoms with E-state index in [1.54, 1.807) is 6.07 Å². The van der Waals surface area contributed by atoms with Crippen molar-refractivity contribution in [3.05, 3.63) is 58.0 Å². The summed E-state index contributed by atoms with van der Waals surface area (Å²) in [4.78, 5) is 27.3. The van der Waals surface area contributed by atoms with Crippen molar-refractivity contribution in [1.82, 2.24) is 9.47 Å². The number of piperidine rings is 1. The molecule has 0 unspecified atom stereocenters. The SMILES string of the molecule is O=C(CN1C[C@H]2C[C@@H](C1)c1cccc(=O)n1C2)c1ccc2c(c1)OCCCO2. The van der Waals surface area contributed by atoms with Gasteiger partial charge in [0.2, 0.25) is 0 Å². The zero-order valence-corrected chi connectivity index (χ0v) is 15.8. The van der Waals surface area contributed by atoms with Gasteiger partial charge in [-0.3, -0.25) is 14.5 Å². The molecule has 28 heavy (non-hydrogen) atoms. The Kier molecular flexibility index (Phi) is 4.43. The Morgan fingerprint density at radius 3 is 2.79 bits per heavy atom. The molecule has 2 atom stereocenters. The van der Waals surface area contributed by atoms with E-state index in [2.05, 4.69) is 11.0 Å². The maximum absolute atomic E-state index is 12.9. The van der Waals surface area contributed by atoms with Crippen LogP contribution in [0.15, 0.2) is 41.2 Å². The molecule has 0 spiro atoms. The van der Waals surface area contributed by atoms with Crippen molar-refractivity contribution in [2.24, 2.45) is 5.92 Å². The molecule has 1 aromatic heterocycles. The van der Waals surface area contributed by atoms with Gasteiger partial charge in [0.05, 0.1) is 19.8 Å². The number of carbonyl (C=O) groups excluding carboxylic acids is 1. The van der Waals surface area contributed by atoms with Crippen molar-refractivity contribution in [3.63, 3.8) is 0 Å². The average Bonchev–Trinajstić information content (AvgIpc) is 2.93. The van der Waals surface area contributed by atoms with E-state index in [0.29, 0.717) is 48.7 Å². The summed E-state index contributed by atoms with van der Waals surface area (Å²) in [5.74, 6) is 2.21. The topological polar surface area (TPSA) is 60.8 Å². The van der Waals surface area contributed by atoms with Crippen LogP contribution in [0.5, 0.6) is 11.5 Å². The van der Waals surface area contributed by atoms with E-state index >= 15 is 0 Å². The second-order valence-electron chi connectivity index (χ2n) is 8.03. The van der Waals surface area contributed by atoms with E-state index in [1.165, 1.54) is 0 Å². The molecule has 6 nitrogen and oxygen atoms in total. The number of hydrogen-bond acceptors (Lipinski definition) is 5. The van der Waals surface area contributed by atoms with E-state index in [0.717, 1.165) is 38.2 Å². The number of aromatic nitrogens is 1. The molecule has 1 fully saturated rings. The third kappa shape index (κ3) is 3.22. The summed E-state index contributed by atoms with van der Waals surface area (Å²) in [5.41, 5.74) is 1.86. The molecule has 6 heteroatoms. The summed E-state index contributed by atoms with van der Waals surface area (Å²) in [6.45, 7) is 4.06. The van der Waals surface area contributed by atoms with Crippen LogP contribution in [0.4, 0.5) is 0 Å². The first kappa shape index (κ1) is 17.5. The van der Waals surface area contributed by atoms with Gasteiger partial charge in [-0.25, -0.2) is 0 Å². The first-order chi connectivity index (χ1) is 13.7. The molecule has 4 heterocycles. The first-order valence-corrected chi connectivity index (χ1v) is 10.0. The van der Waals surface area contributed by atoms with Crippen LogP contribution < -0.4 is 15.0 Å². The largest absolute Gasteiger partial charge is 0.490 e. The fourth-order valence-electron chi connectivity index (χ4n) is 4.76. The molecule has 1 saturated heterocycles. The average molecular weight is 380 g/mol. The predicted octanol–water partition coefficient (Wildman–Crippen LogP) is 2.31. The molecule has 0 aliphatic carbocycles. The number of ketones is 1. The Bertz CT molecular complexity index is 967. The number of ether oxygens (including phenoxy) is 2. The van der Waals surface area contributed by atoms with Crippen molar-refractivity contribution in [2.45, 2.75) is 25.3 Å². The highest BCUT2D eigenvalue weighted by Crippen LogP contribution is 2.35. The fourth-order valence-corrected chi connectivity index (χ4v) is 4.76. The number of pyridine rings is 1. The smallest absolute Gasteiger partial charge is 0.250 e. The number of rotatable bonds is 3. The number of nitrogens with zero attached hydrogens (tertiary/aromatic N) is 2. The molecule has 1 aromatic carbocycles. The van der Waals surface area contributed by atoms with Crippen LogP contribution in [0, 0.1) is 5.92 Å². The maximum Gasteiger partial charge on any atom is 0.250 e. The van der Waals surface area contributed by atoms with Crippen LogP contribution in [0.25, 0.3) is 0 Å². The molecule has 3 aliphatic heterocycles. The lowest BCUT2D eigenvalue weighted by molar-refractivity contribution is 0.0817. The van der Waals surface area contributed by atoms with Crippen LogP contribution in [-0.4, -0.2) is 48.1 Å². The molecular weight excluding hydrogens is 356 g/mol. The summed E-state index contributed by atoms with van der Waals surface area (Å²) >= 11 is 0. The number of fused-ring (bicyclic) bond motifs is 5. The minimum atomic E-state index is 0.0870. The molecular formula is C22H24N2O4. The highest BCUT2D eigenvalue weighted by atomic mass is 16.5. The molecule has 2 aromatic rings. The summed E-state index contributed by atoms with van der Waals surface area (Å²) in [7, 11) is 0. The summed E-state index contributed by atoms with van der Waals surface area (Å²) in [5, 5.41) is 0. The Morgan fingerprint density at radius 2 is 1.89 bits per heavy atom. The Balaban J connectivity index is 1.32. The third-order valence-corrected chi connectivity index (χ3v) is 5.99. The lowest BCUT2D eigenvalue weighted by atomic mass is 9.83. The van der Waals surface area contributed by atoms with Crippen molar-refractivity contribution in [2.75, 3.05) is 32.8 Å². The highest BCUT2D eigenvalue weighted by molar-refractivity contribution is 5.98. The zero-order chi connectivity index (χ0) is 19.1. The fraction of sp³-hybridized carbons (Fsp3) is 0.455. The number of likely N-dealkylation sites (tertiary alicyclic amines) is 1. The van der Waals surface area contributed by atoms with Crippen LogP contribution >= 0.6 is 0 Å². The second-order valence-corrected chi connectivity index (χ2v) is 8.03. The van der Waals surface area contributed by atoms with Gasteiger partial charge in [0, 0.05) is 49.3 Å². The lowest BCUT2D eigenvalue weighted by Crippen LogP contribution is -2.48. The van der Waals surface area contributed by atoms with Gasteiger partial charge < -0.3 is 14.0 Å². The standard InChI is InChI=1S/C22H24N2O4/c25-19(16-5-6-20-21(10-16)28-8-2-7-27-20)14-23-11-15-9-17(13-23)18-3-1-4-22(26)24(18)12-15/h1,3-6,10,15,17H,2,7-9,11-14H2/t15-,17+/m1/s1. The van der Waals surface area contributed by atoms with Gasteiger partial charge in [-0.1, -0.05) is 6.07 Å². The van der Waals surface area contributed by atoms with Crippen LogP contribution in [0.1, 0.15) is 34.8 Å². The van der Waals surface area contributed by atoms with Crippen LogP contribution in [-0.2, 0) is 6.54 Å². The molecule has 0 N–H and O–H groups in total. The molecule has 0 radical (unpaired) electrons. The van der Waals surface area contributed by atoms with Gasteiger partial charge in [-0.05, 0) is 36.6 Å². The Hall–Kier alpha value is -2.60.